The molecule has 0 radical (unpaired) electrons. The third-order valence-electron chi connectivity index (χ3n) is 4.32. The molecule has 0 aromatic rings. The van der Waals surface area contributed by atoms with E-state index in [1.165, 1.54) is 89.9 Å². The number of thioether (sulfide) groups is 1. The lowest BCUT2D eigenvalue weighted by Gasteiger charge is -2.06. The molecule has 0 heterocycles. The molecule has 0 fully saturated rings. The minimum absolute atomic E-state index is 0.111. The first-order chi connectivity index (χ1) is 11.8. The third-order valence-corrected chi connectivity index (χ3v) is 5.52. The van der Waals surface area contributed by atoms with Crippen LogP contribution in [0.25, 0.3) is 0 Å². The summed E-state index contributed by atoms with van der Waals surface area (Å²) in [4.78, 5) is 0. The summed E-state index contributed by atoms with van der Waals surface area (Å²) in [7, 11) is 0. The molecule has 0 saturated carbocycles. The van der Waals surface area contributed by atoms with Gasteiger partial charge in [0.2, 0.25) is 0 Å². The average molecular weight is 359 g/mol. The summed E-state index contributed by atoms with van der Waals surface area (Å²) in [6.45, 7) is 2.16. The summed E-state index contributed by atoms with van der Waals surface area (Å²) >= 11 is 1.75. The summed E-state index contributed by atoms with van der Waals surface area (Å²) in [5.41, 5.74) is 0. The highest BCUT2D eigenvalue weighted by Crippen LogP contribution is 2.12. The van der Waals surface area contributed by atoms with Crippen LogP contribution < -0.4 is 0 Å². The molecule has 0 bridgehead atoms. The Labute approximate surface area is 155 Å². The minimum atomic E-state index is -0.538. The molecule has 0 aromatic carbocycles. The third kappa shape index (κ3) is 20.1. The maximum Gasteiger partial charge on any atom is 0.0861 e. The molecule has 0 aliphatic rings. The number of rotatable bonds is 19. The quantitative estimate of drug-likeness (QED) is 0.216. The van der Waals surface area contributed by atoms with Crippen molar-refractivity contribution in [1.82, 2.24) is 0 Å². The lowest BCUT2D eigenvalue weighted by molar-refractivity contribution is 0.113. The Morgan fingerprint density at radius 3 is 1.79 bits per heavy atom. The van der Waals surface area contributed by atoms with Gasteiger partial charge in [-0.25, -0.2) is 0 Å². The highest BCUT2D eigenvalue weighted by atomic mass is 32.2. The fraction of sp³-hybridized carbons (Fsp3) is 0.905. The van der Waals surface area contributed by atoms with E-state index >= 15 is 0 Å². The Hall–Kier alpha value is 0.01000. The molecular formula is C21H42O2S. The van der Waals surface area contributed by atoms with Gasteiger partial charge in [-0.2, -0.15) is 11.8 Å². The maximum absolute atomic E-state index is 9.22. The molecule has 24 heavy (non-hydrogen) atoms. The average Bonchev–Trinajstić information content (AvgIpc) is 2.60. The lowest BCUT2D eigenvalue weighted by Crippen LogP contribution is -2.14. The van der Waals surface area contributed by atoms with Gasteiger partial charge < -0.3 is 10.2 Å². The van der Waals surface area contributed by atoms with E-state index < -0.39 is 6.10 Å². The summed E-state index contributed by atoms with van der Waals surface area (Å²) in [6, 6.07) is 0. The van der Waals surface area contributed by atoms with Crippen molar-refractivity contribution in [3.05, 3.63) is 12.2 Å². The van der Waals surface area contributed by atoms with Crippen molar-refractivity contribution in [3.63, 3.8) is 0 Å². The molecule has 0 aromatic heterocycles. The zero-order valence-electron chi connectivity index (χ0n) is 16.1. The van der Waals surface area contributed by atoms with Crippen LogP contribution in [0.4, 0.5) is 0 Å². The highest BCUT2D eigenvalue weighted by molar-refractivity contribution is 7.99. The van der Waals surface area contributed by atoms with E-state index in [0.29, 0.717) is 5.75 Å². The van der Waals surface area contributed by atoms with Crippen LogP contribution in [0, 0.1) is 0 Å². The number of hydrogen-bond donors (Lipinski definition) is 2. The number of allylic oxidation sites excluding steroid dienone is 2. The predicted molar refractivity (Wildman–Crippen MR) is 110 cm³/mol. The smallest absolute Gasteiger partial charge is 0.0861 e. The molecular weight excluding hydrogens is 316 g/mol. The molecule has 0 saturated heterocycles. The summed E-state index contributed by atoms with van der Waals surface area (Å²) in [6.07, 6.45) is 23.0. The molecule has 0 aliphatic heterocycles. The van der Waals surface area contributed by atoms with E-state index in [1.807, 2.05) is 0 Å². The highest BCUT2D eigenvalue weighted by Gasteiger charge is 2.00. The zero-order chi connectivity index (χ0) is 17.7. The van der Waals surface area contributed by atoms with Gasteiger partial charge in [-0.05, 0) is 37.9 Å². The van der Waals surface area contributed by atoms with Crippen LogP contribution in [0.3, 0.4) is 0 Å². The Bertz CT molecular complexity index is 256. The second-order valence-corrected chi connectivity index (χ2v) is 8.00. The molecule has 0 rings (SSSR count). The first-order valence-electron chi connectivity index (χ1n) is 10.3. The van der Waals surface area contributed by atoms with Crippen LogP contribution >= 0.6 is 11.8 Å². The van der Waals surface area contributed by atoms with Crippen molar-refractivity contribution in [2.75, 3.05) is 18.1 Å². The largest absolute Gasteiger partial charge is 0.394 e. The normalized spacial score (nSPS) is 13.0. The minimum Gasteiger partial charge on any atom is -0.394 e. The standard InChI is InChI=1S/C21H42O2S/c1-2-3-4-5-6-7-8-9-10-11-12-13-14-15-16-17-18-24-20-21(23)19-22/h9-10,21-23H,2-8,11-20H2,1H3. The lowest BCUT2D eigenvalue weighted by atomic mass is 10.1. The van der Waals surface area contributed by atoms with Crippen molar-refractivity contribution in [3.8, 4) is 0 Å². The van der Waals surface area contributed by atoms with Crippen LogP contribution in [-0.4, -0.2) is 34.4 Å². The van der Waals surface area contributed by atoms with E-state index in [9.17, 15) is 5.11 Å². The number of aliphatic hydroxyl groups is 2. The van der Waals surface area contributed by atoms with Gasteiger partial charge >= 0.3 is 0 Å². The Morgan fingerprint density at radius 1 is 0.750 bits per heavy atom. The molecule has 0 amide bonds. The Morgan fingerprint density at radius 2 is 1.25 bits per heavy atom. The molecule has 3 heteroatoms. The van der Waals surface area contributed by atoms with Gasteiger partial charge in [-0.3, -0.25) is 0 Å². The molecule has 1 unspecified atom stereocenters. The zero-order valence-corrected chi connectivity index (χ0v) is 16.9. The Balaban J connectivity index is 3.08. The first kappa shape index (κ1) is 24.0. The van der Waals surface area contributed by atoms with Crippen LogP contribution in [0.1, 0.15) is 96.8 Å². The SMILES string of the molecule is CCCCCCCCC=CCCCCCCCCSCC(O)CO. The monoisotopic (exact) mass is 358 g/mol. The van der Waals surface area contributed by atoms with Gasteiger partial charge in [0.15, 0.2) is 0 Å². The van der Waals surface area contributed by atoms with E-state index in [2.05, 4.69) is 19.1 Å². The van der Waals surface area contributed by atoms with Crippen molar-refractivity contribution in [2.24, 2.45) is 0 Å². The molecule has 1 atom stereocenters. The van der Waals surface area contributed by atoms with Crippen LogP contribution in [0.5, 0.6) is 0 Å². The molecule has 2 nitrogen and oxygen atoms in total. The van der Waals surface area contributed by atoms with Crippen LogP contribution in [0.15, 0.2) is 12.2 Å². The van der Waals surface area contributed by atoms with Gasteiger partial charge in [0.1, 0.15) is 0 Å². The fourth-order valence-electron chi connectivity index (χ4n) is 2.72. The predicted octanol–water partition coefficient (Wildman–Crippen LogP) is 6.11. The van der Waals surface area contributed by atoms with Crippen molar-refractivity contribution < 1.29 is 10.2 Å². The van der Waals surface area contributed by atoms with Crippen molar-refractivity contribution >= 4 is 11.8 Å². The van der Waals surface area contributed by atoms with Gasteiger partial charge in [0, 0.05) is 5.75 Å². The first-order valence-corrected chi connectivity index (χ1v) is 11.5. The second kappa shape index (κ2) is 21.1. The molecule has 0 aliphatic carbocycles. The molecule has 144 valence electrons. The molecule has 2 N–H and O–H groups in total. The summed E-state index contributed by atoms with van der Waals surface area (Å²) < 4.78 is 0. The maximum atomic E-state index is 9.22. The van der Waals surface area contributed by atoms with Crippen LogP contribution in [0.2, 0.25) is 0 Å². The van der Waals surface area contributed by atoms with E-state index in [0.717, 1.165) is 5.75 Å². The second-order valence-electron chi connectivity index (χ2n) is 6.85. The van der Waals surface area contributed by atoms with Gasteiger partial charge in [-0.1, -0.05) is 76.9 Å². The van der Waals surface area contributed by atoms with Gasteiger partial charge in [-0.15, -0.1) is 0 Å². The summed E-state index contributed by atoms with van der Waals surface area (Å²) in [5.74, 6) is 1.78. The van der Waals surface area contributed by atoms with E-state index in [-0.39, 0.29) is 6.61 Å². The van der Waals surface area contributed by atoms with E-state index in [4.69, 9.17) is 5.11 Å². The Kier molecular flexibility index (Phi) is 21.1. The topological polar surface area (TPSA) is 40.5 Å². The van der Waals surface area contributed by atoms with Crippen molar-refractivity contribution in [1.29, 1.82) is 0 Å². The van der Waals surface area contributed by atoms with Crippen LogP contribution in [-0.2, 0) is 0 Å². The molecule has 0 spiro atoms. The van der Waals surface area contributed by atoms with E-state index in [1.54, 1.807) is 11.8 Å². The number of hydrogen-bond acceptors (Lipinski definition) is 3. The summed E-state index contributed by atoms with van der Waals surface area (Å²) in [5, 5.41) is 17.9. The van der Waals surface area contributed by atoms with Gasteiger partial charge in [0.05, 0.1) is 12.7 Å². The number of aliphatic hydroxyl groups excluding tert-OH is 2. The van der Waals surface area contributed by atoms with Gasteiger partial charge in [0.25, 0.3) is 0 Å². The fourth-order valence-corrected chi connectivity index (χ4v) is 3.68. The van der Waals surface area contributed by atoms with Crippen molar-refractivity contribution in [2.45, 2.75) is 103 Å². The number of unbranched alkanes of at least 4 members (excludes halogenated alkanes) is 12.